The quantitative estimate of drug-likeness (QED) is 0.170. The number of esters is 1. The van der Waals surface area contributed by atoms with Crippen molar-refractivity contribution in [3.05, 3.63) is 61.2 Å². The molecule has 2 unspecified atom stereocenters. The third kappa shape index (κ3) is 6.35. The number of rotatable bonds is 16. The minimum atomic E-state index is -1.20. The highest BCUT2D eigenvalue weighted by Gasteiger charge is 2.79. The van der Waals surface area contributed by atoms with E-state index in [9.17, 15) is 19.5 Å². The molecule has 0 saturated carbocycles. The van der Waals surface area contributed by atoms with Crippen molar-refractivity contribution in [1.29, 1.82) is 0 Å². The molecule has 0 aromatic heterocycles. The number of aliphatic hydroxyl groups excluding tert-OH is 1. The van der Waals surface area contributed by atoms with Crippen molar-refractivity contribution >= 4 is 17.8 Å². The van der Waals surface area contributed by atoms with Crippen LogP contribution in [0.5, 0.6) is 0 Å². The van der Waals surface area contributed by atoms with Gasteiger partial charge >= 0.3 is 5.97 Å². The monoisotopic (exact) mass is 623 g/mol. The van der Waals surface area contributed by atoms with Crippen molar-refractivity contribution < 1.29 is 33.7 Å². The van der Waals surface area contributed by atoms with Gasteiger partial charge in [-0.05, 0) is 44.1 Å². The van der Waals surface area contributed by atoms with E-state index in [0.29, 0.717) is 71.4 Å². The van der Waals surface area contributed by atoms with Crippen LogP contribution in [0.4, 0.5) is 0 Å². The fraction of sp³-hybridized carbons (Fsp3) is 0.629. The number of aliphatic hydroxyl groups is 1. The van der Waals surface area contributed by atoms with E-state index < -0.39 is 41.1 Å². The van der Waals surface area contributed by atoms with Crippen LogP contribution in [0, 0.1) is 11.8 Å². The average molecular weight is 624 g/mol. The molecular formula is C35H49N3O7. The van der Waals surface area contributed by atoms with Crippen LogP contribution in [0.2, 0.25) is 0 Å². The third-order valence-corrected chi connectivity index (χ3v) is 10.3. The first-order chi connectivity index (χ1) is 21.9. The Morgan fingerprint density at radius 2 is 1.93 bits per heavy atom. The molecule has 2 bridgehead atoms. The summed E-state index contributed by atoms with van der Waals surface area (Å²) in [5.41, 5.74) is -1.14. The largest absolute Gasteiger partial charge is 0.465 e. The van der Waals surface area contributed by atoms with Crippen LogP contribution < -0.4 is 0 Å². The molecule has 4 heterocycles. The maximum Gasteiger partial charge on any atom is 0.312 e. The second-order valence-electron chi connectivity index (χ2n) is 12.7. The molecule has 1 spiro atoms. The number of fused-ring (bicyclic) bond motifs is 1. The number of carbonyl (C=O) groups excluding carboxylic acids is 3. The van der Waals surface area contributed by atoms with Gasteiger partial charge in [0, 0.05) is 32.7 Å². The lowest BCUT2D eigenvalue weighted by atomic mass is 9.65. The average Bonchev–Trinajstić information content (AvgIpc) is 3.68. The van der Waals surface area contributed by atoms with E-state index in [-0.39, 0.29) is 25.0 Å². The van der Waals surface area contributed by atoms with Crippen molar-refractivity contribution in [3.63, 3.8) is 0 Å². The van der Waals surface area contributed by atoms with E-state index >= 15 is 0 Å². The van der Waals surface area contributed by atoms with E-state index in [4.69, 9.17) is 14.2 Å². The normalized spacial score (nSPS) is 29.8. The molecule has 10 nitrogen and oxygen atoms in total. The zero-order valence-corrected chi connectivity index (χ0v) is 26.6. The highest BCUT2D eigenvalue weighted by Crippen LogP contribution is 2.65. The van der Waals surface area contributed by atoms with Gasteiger partial charge in [0.1, 0.15) is 17.6 Å². The zero-order valence-electron chi connectivity index (χ0n) is 26.6. The number of unbranched alkanes of at least 4 members (excludes halogenated alkanes) is 1. The summed E-state index contributed by atoms with van der Waals surface area (Å²) >= 11 is 0. The van der Waals surface area contributed by atoms with Gasteiger partial charge < -0.3 is 29.1 Å². The molecule has 4 saturated heterocycles. The second-order valence-corrected chi connectivity index (χ2v) is 12.7. The summed E-state index contributed by atoms with van der Waals surface area (Å²) in [5, 5.41) is 10.8. The van der Waals surface area contributed by atoms with Crippen LogP contribution in [0.15, 0.2) is 55.6 Å². The van der Waals surface area contributed by atoms with Gasteiger partial charge in [-0.15, -0.1) is 13.2 Å². The van der Waals surface area contributed by atoms with Gasteiger partial charge in [0.2, 0.25) is 11.8 Å². The first-order valence-corrected chi connectivity index (χ1v) is 16.5. The lowest BCUT2D eigenvalue weighted by molar-refractivity contribution is -0.163. The van der Waals surface area contributed by atoms with Gasteiger partial charge in [-0.1, -0.05) is 49.4 Å². The van der Waals surface area contributed by atoms with Crippen LogP contribution in [-0.4, -0.2) is 120 Å². The maximum absolute atomic E-state index is 14.8. The first-order valence-electron chi connectivity index (χ1n) is 16.5. The van der Waals surface area contributed by atoms with Crippen molar-refractivity contribution in [2.75, 3.05) is 59.2 Å². The molecule has 1 N–H and O–H groups in total. The number of morpholine rings is 1. The summed E-state index contributed by atoms with van der Waals surface area (Å²) in [4.78, 5) is 48.9. The van der Waals surface area contributed by atoms with Gasteiger partial charge in [-0.25, -0.2) is 0 Å². The first kappa shape index (κ1) is 33.3. The number of likely N-dealkylation sites (tertiary alicyclic amines) is 1. The lowest BCUT2D eigenvalue weighted by Gasteiger charge is -2.40. The molecule has 10 heteroatoms. The van der Waals surface area contributed by atoms with Crippen LogP contribution in [-0.2, 0) is 35.0 Å². The molecule has 0 aliphatic carbocycles. The van der Waals surface area contributed by atoms with E-state index in [1.54, 1.807) is 22.0 Å². The number of amides is 2. The van der Waals surface area contributed by atoms with Gasteiger partial charge in [0.15, 0.2) is 0 Å². The summed E-state index contributed by atoms with van der Waals surface area (Å²) in [6.07, 6.45) is 6.74. The van der Waals surface area contributed by atoms with Crippen LogP contribution in [0.3, 0.4) is 0 Å². The SMILES string of the molecule is C=CCCCOC(=O)[C@@H]1[C@H]2C(=O)N([C@@H](CO)Cc3ccccc3)C(C(=O)N(CC=C)CCN3CCOCC3)C23CC[C@@]1(CC)O3. The molecular weight excluding hydrogens is 574 g/mol. The highest BCUT2D eigenvalue weighted by molar-refractivity contribution is 5.98. The van der Waals surface area contributed by atoms with Crippen molar-refractivity contribution in [2.45, 2.75) is 68.7 Å². The Morgan fingerprint density at radius 3 is 2.60 bits per heavy atom. The zero-order chi connectivity index (χ0) is 32.0. The Kier molecular flexibility index (Phi) is 10.8. The van der Waals surface area contributed by atoms with Gasteiger partial charge in [0.25, 0.3) is 0 Å². The molecule has 1 aromatic rings. The summed E-state index contributed by atoms with van der Waals surface area (Å²) in [7, 11) is 0. The number of benzene rings is 1. The molecule has 45 heavy (non-hydrogen) atoms. The molecule has 2 amide bonds. The maximum atomic E-state index is 14.8. The van der Waals surface area contributed by atoms with Gasteiger partial charge in [-0.3, -0.25) is 19.3 Å². The molecule has 0 radical (unpaired) electrons. The predicted molar refractivity (Wildman–Crippen MR) is 169 cm³/mol. The van der Waals surface area contributed by atoms with Gasteiger partial charge in [-0.2, -0.15) is 0 Å². The topological polar surface area (TPSA) is 109 Å². The van der Waals surface area contributed by atoms with Gasteiger partial charge in [0.05, 0.1) is 44.0 Å². The fourth-order valence-electron chi connectivity index (χ4n) is 8.02. The minimum Gasteiger partial charge on any atom is -0.465 e. The number of ether oxygens (including phenoxy) is 3. The Balaban J connectivity index is 1.51. The van der Waals surface area contributed by atoms with E-state index in [1.165, 1.54) is 0 Å². The minimum absolute atomic E-state index is 0.225. The smallest absolute Gasteiger partial charge is 0.312 e. The number of hydrogen-bond acceptors (Lipinski definition) is 8. The van der Waals surface area contributed by atoms with Crippen LogP contribution >= 0.6 is 0 Å². The Hall–Kier alpha value is -3.05. The number of nitrogens with zero attached hydrogens (tertiary/aromatic N) is 3. The Labute approximate surface area is 267 Å². The second kappa shape index (κ2) is 14.6. The Bertz CT molecular complexity index is 1220. The summed E-state index contributed by atoms with van der Waals surface area (Å²) < 4.78 is 18.2. The molecule has 4 fully saturated rings. The van der Waals surface area contributed by atoms with E-state index in [0.717, 1.165) is 18.7 Å². The standard InChI is InChI=1S/C35H49N3O7/c1-4-7-11-21-44-33(42)29-28-31(40)38(27(25-39)24-26-12-9-8-10-13-26)30(35(28)15-14-34(29,6-3)45-35)32(41)37(16-5-2)18-17-36-19-22-43-23-20-36/h4-5,8-10,12-13,27-30,39H,1-2,6-7,11,14-25H2,3H3/t27-,28+,29+,30?,34-,35?/m1/s1. The molecule has 4 aliphatic heterocycles. The lowest BCUT2D eigenvalue weighted by Crippen LogP contribution is -2.60. The fourth-order valence-corrected chi connectivity index (χ4v) is 8.02. The molecule has 4 aliphatic rings. The van der Waals surface area contributed by atoms with Crippen molar-refractivity contribution in [2.24, 2.45) is 11.8 Å². The van der Waals surface area contributed by atoms with E-state index in [2.05, 4.69) is 18.1 Å². The molecule has 6 atom stereocenters. The number of carbonyl (C=O) groups is 3. The Morgan fingerprint density at radius 1 is 1.18 bits per heavy atom. The molecule has 5 rings (SSSR count). The predicted octanol–water partition coefficient (Wildman–Crippen LogP) is 2.60. The molecule has 1 aromatic carbocycles. The summed E-state index contributed by atoms with van der Waals surface area (Å²) in [5.74, 6) is -2.71. The summed E-state index contributed by atoms with van der Waals surface area (Å²) in [6, 6.07) is 7.97. The number of allylic oxidation sites excluding steroid dienone is 1. The number of hydrogen-bond donors (Lipinski definition) is 1. The summed E-state index contributed by atoms with van der Waals surface area (Å²) in [6.45, 7) is 13.8. The van der Waals surface area contributed by atoms with Crippen molar-refractivity contribution in [1.82, 2.24) is 14.7 Å². The highest BCUT2D eigenvalue weighted by atomic mass is 16.6. The molecule has 246 valence electrons. The van der Waals surface area contributed by atoms with Crippen LogP contribution in [0.1, 0.15) is 44.6 Å². The van der Waals surface area contributed by atoms with Crippen LogP contribution in [0.25, 0.3) is 0 Å². The third-order valence-electron chi connectivity index (χ3n) is 10.3. The van der Waals surface area contributed by atoms with Crippen molar-refractivity contribution in [3.8, 4) is 0 Å². The van der Waals surface area contributed by atoms with E-state index in [1.807, 2.05) is 37.3 Å².